The number of thioether (sulfide) groups is 1. The molecule has 0 spiro atoms. The summed E-state index contributed by atoms with van der Waals surface area (Å²) in [5.41, 5.74) is 5.67. The lowest BCUT2D eigenvalue weighted by molar-refractivity contribution is -0.142. The van der Waals surface area contributed by atoms with E-state index in [1.165, 1.54) is 13.2 Å². The number of esters is 1. The number of ether oxygens (including phenoxy) is 2. The van der Waals surface area contributed by atoms with E-state index in [4.69, 9.17) is 10.5 Å². The largest absolute Gasteiger partial charge is 0.482 e. The van der Waals surface area contributed by atoms with E-state index < -0.39 is 29.6 Å². The summed E-state index contributed by atoms with van der Waals surface area (Å²) in [5.74, 6) is -1.36. The van der Waals surface area contributed by atoms with Gasteiger partial charge in [-0.15, -0.1) is 0 Å². The van der Waals surface area contributed by atoms with Gasteiger partial charge >= 0.3 is 5.97 Å². The molecule has 3 amide bonds. The van der Waals surface area contributed by atoms with E-state index in [9.17, 15) is 19.2 Å². The molecule has 0 aromatic heterocycles. The van der Waals surface area contributed by atoms with Gasteiger partial charge in [-0.3, -0.25) is 19.3 Å². The average Bonchev–Trinajstić information content (AvgIpc) is 2.81. The number of hydrogen-bond donors (Lipinski definition) is 1. The van der Waals surface area contributed by atoms with Gasteiger partial charge in [-0.1, -0.05) is 12.1 Å². The molecule has 1 fully saturated rings. The lowest BCUT2D eigenvalue weighted by atomic mass is 10.2. The van der Waals surface area contributed by atoms with Crippen LogP contribution in [0, 0.1) is 0 Å². The Hall–Kier alpha value is -2.81. The van der Waals surface area contributed by atoms with Gasteiger partial charge < -0.3 is 15.2 Å². The molecule has 2 N–H and O–H groups in total. The molecule has 1 heterocycles. The second kappa shape index (κ2) is 7.64. The molecule has 0 unspecified atom stereocenters. The lowest BCUT2D eigenvalue weighted by Crippen LogP contribution is -2.36. The number of carbonyl (C=O) groups is 4. The maximum absolute atomic E-state index is 12.1. The molecule has 1 aliphatic heterocycles. The van der Waals surface area contributed by atoms with Crippen molar-refractivity contribution < 1.29 is 28.7 Å². The monoisotopic (exact) mass is 350 g/mol. The summed E-state index contributed by atoms with van der Waals surface area (Å²) >= 11 is 0.738. The highest BCUT2D eigenvalue weighted by atomic mass is 32.2. The third-order valence-corrected chi connectivity index (χ3v) is 3.86. The van der Waals surface area contributed by atoms with Crippen LogP contribution in [0.15, 0.2) is 29.2 Å². The summed E-state index contributed by atoms with van der Waals surface area (Å²) in [7, 11) is 1.26. The second-order valence-electron chi connectivity index (χ2n) is 4.67. The summed E-state index contributed by atoms with van der Waals surface area (Å²) in [5, 5.41) is -0.539. The molecule has 9 heteroatoms. The van der Waals surface area contributed by atoms with Crippen molar-refractivity contribution in [3.8, 4) is 5.75 Å². The molecule has 1 aromatic rings. The van der Waals surface area contributed by atoms with Crippen molar-refractivity contribution >= 4 is 40.9 Å². The number of nitrogens with zero attached hydrogens (tertiary/aromatic N) is 1. The minimum absolute atomic E-state index is 0.199. The average molecular weight is 350 g/mol. The fourth-order valence-electron chi connectivity index (χ4n) is 1.80. The number of hydrogen-bond acceptors (Lipinski definition) is 7. The molecule has 1 aromatic carbocycles. The van der Waals surface area contributed by atoms with Gasteiger partial charge in [-0.2, -0.15) is 0 Å². The number of rotatable bonds is 6. The Morgan fingerprint density at radius 1 is 1.25 bits per heavy atom. The fraction of sp³-hybridized carbons (Fsp3) is 0.200. The van der Waals surface area contributed by atoms with Crippen LogP contribution in [-0.4, -0.2) is 48.2 Å². The highest BCUT2D eigenvalue weighted by molar-refractivity contribution is 8.18. The standard InChI is InChI=1S/C15H14N2O6S/c1-22-13(19)8-23-10-4-2-9(3-5-10)6-11-14(20)17(7-12(16)18)15(21)24-11/h2-6H,7-8H2,1H3,(H2,16,18)/b11-6-. The molecule has 0 saturated carbocycles. The van der Waals surface area contributed by atoms with Crippen LogP contribution < -0.4 is 10.5 Å². The minimum atomic E-state index is -0.759. The summed E-state index contributed by atoms with van der Waals surface area (Å²) < 4.78 is 9.66. The molecule has 24 heavy (non-hydrogen) atoms. The van der Waals surface area contributed by atoms with E-state index >= 15 is 0 Å². The molecular weight excluding hydrogens is 336 g/mol. The van der Waals surface area contributed by atoms with Gasteiger partial charge in [0.15, 0.2) is 6.61 Å². The summed E-state index contributed by atoms with van der Waals surface area (Å²) in [4.78, 5) is 46.6. The Bertz CT molecular complexity index is 713. The predicted molar refractivity (Wildman–Crippen MR) is 85.8 cm³/mol. The van der Waals surface area contributed by atoms with E-state index in [0.717, 1.165) is 16.7 Å². The minimum Gasteiger partial charge on any atom is -0.482 e. The Labute approximate surface area is 141 Å². The van der Waals surface area contributed by atoms with Gasteiger partial charge in [-0.05, 0) is 35.5 Å². The molecule has 1 saturated heterocycles. The van der Waals surface area contributed by atoms with Crippen LogP contribution in [0.4, 0.5) is 4.79 Å². The van der Waals surface area contributed by atoms with E-state index in [0.29, 0.717) is 11.3 Å². The van der Waals surface area contributed by atoms with Crippen LogP contribution in [-0.2, 0) is 19.1 Å². The molecule has 1 aliphatic rings. The number of nitrogens with two attached hydrogens (primary N) is 1. The maximum atomic E-state index is 12.1. The number of methoxy groups -OCH3 is 1. The van der Waals surface area contributed by atoms with Crippen molar-refractivity contribution in [3.63, 3.8) is 0 Å². The molecule has 0 aliphatic carbocycles. The zero-order valence-electron chi connectivity index (χ0n) is 12.7. The van der Waals surface area contributed by atoms with Crippen LogP contribution in [0.25, 0.3) is 6.08 Å². The Balaban J connectivity index is 2.06. The maximum Gasteiger partial charge on any atom is 0.343 e. The highest BCUT2D eigenvalue weighted by Gasteiger charge is 2.35. The van der Waals surface area contributed by atoms with Crippen molar-refractivity contribution in [2.45, 2.75) is 0 Å². The first-order chi connectivity index (χ1) is 11.4. The van der Waals surface area contributed by atoms with E-state index in [1.807, 2.05) is 0 Å². The lowest BCUT2D eigenvalue weighted by Gasteiger charge is -2.08. The van der Waals surface area contributed by atoms with Crippen molar-refractivity contribution in [3.05, 3.63) is 34.7 Å². The molecule has 0 atom stereocenters. The molecule has 2 rings (SSSR count). The normalized spacial score (nSPS) is 15.7. The third-order valence-electron chi connectivity index (χ3n) is 2.95. The first-order valence-corrected chi connectivity index (χ1v) is 7.55. The first kappa shape index (κ1) is 17.5. The van der Waals surface area contributed by atoms with Gasteiger partial charge in [0.05, 0.1) is 12.0 Å². The summed E-state index contributed by atoms with van der Waals surface area (Å²) in [6.07, 6.45) is 1.52. The van der Waals surface area contributed by atoms with Crippen molar-refractivity contribution in [2.75, 3.05) is 20.3 Å². The topological polar surface area (TPSA) is 116 Å². The van der Waals surface area contributed by atoms with E-state index in [-0.39, 0.29) is 11.5 Å². The number of amides is 3. The van der Waals surface area contributed by atoms with Crippen molar-refractivity contribution in [1.82, 2.24) is 4.90 Å². The molecule has 8 nitrogen and oxygen atoms in total. The predicted octanol–water partition coefficient (Wildman–Crippen LogP) is 0.760. The third kappa shape index (κ3) is 4.35. The van der Waals surface area contributed by atoms with Gasteiger partial charge in [-0.25, -0.2) is 4.79 Å². The first-order valence-electron chi connectivity index (χ1n) is 6.74. The number of carbonyl (C=O) groups excluding carboxylic acids is 4. The van der Waals surface area contributed by atoms with E-state index in [2.05, 4.69) is 4.74 Å². The Kier molecular flexibility index (Phi) is 5.59. The van der Waals surface area contributed by atoms with Crippen LogP contribution >= 0.6 is 11.8 Å². The number of imide groups is 1. The molecule has 126 valence electrons. The van der Waals surface area contributed by atoms with Crippen LogP contribution in [0.3, 0.4) is 0 Å². The van der Waals surface area contributed by atoms with Crippen molar-refractivity contribution in [2.24, 2.45) is 5.73 Å². The fourth-order valence-corrected chi connectivity index (χ4v) is 2.64. The Morgan fingerprint density at radius 3 is 2.50 bits per heavy atom. The highest BCUT2D eigenvalue weighted by Crippen LogP contribution is 2.32. The van der Waals surface area contributed by atoms with Crippen LogP contribution in [0.5, 0.6) is 5.75 Å². The van der Waals surface area contributed by atoms with Crippen molar-refractivity contribution in [1.29, 1.82) is 0 Å². The summed E-state index contributed by atoms with van der Waals surface area (Å²) in [6, 6.07) is 6.55. The summed E-state index contributed by atoms with van der Waals surface area (Å²) in [6.45, 7) is -0.649. The number of primary amides is 1. The van der Waals surface area contributed by atoms with Crippen LogP contribution in [0.1, 0.15) is 5.56 Å². The quantitative estimate of drug-likeness (QED) is 0.595. The molecule has 0 bridgehead atoms. The van der Waals surface area contributed by atoms with Gasteiger partial charge in [0.1, 0.15) is 12.3 Å². The molecule has 0 radical (unpaired) electrons. The SMILES string of the molecule is COC(=O)COc1ccc(/C=C2\SC(=O)N(CC(N)=O)C2=O)cc1. The zero-order valence-corrected chi connectivity index (χ0v) is 13.5. The zero-order chi connectivity index (χ0) is 17.7. The Morgan fingerprint density at radius 2 is 1.92 bits per heavy atom. The van der Waals surface area contributed by atoms with Gasteiger partial charge in [0.25, 0.3) is 11.1 Å². The van der Waals surface area contributed by atoms with E-state index in [1.54, 1.807) is 24.3 Å². The number of benzene rings is 1. The smallest absolute Gasteiger partial charge is 0.343 e. The van der Waals surface area contributed by atoms with Crippen LogP contribution in [0.2, 0.25) is 0 Å². The second-order valence-corrected chi connectivity index (χ2v) is 5.66. The van der Waals surface area contributed by atoms with Gasteiger partial charge in [0, 0.05) is 0 Å². The van der Waals surface area contributed by atoms with Gasteiger partial charge in [0.2, 0.25) is 5.91 Å². The molecular formula is C15H14N2O6S.